The van der Waals surface area contributed by atoms with Crippen molar-refractivity contribution in [3.63, 3.8) is 0 Å². The van der Waals surface area contributed by atoms with E-state index in [9.17, 15) is 18.0 Å². The summed E-state index contributed by atoms with van der Waals surface area (Å²) in [4.78, 5) is 27.7. The van der Waals surface area contributed by atoms with E-state index in [2.05, 4.69) is 5.10 Å². The average Bonchev–Trinajstić information content (AvgIpc) is 3.23. The van der Waals surface area contributed by atoms with E-state index in [4.69, 9.17) is 9.47 Å². The van der Waals surface area contributed by atoms with Crippen LogP contribution in [0.15, 0.2) is 24.5 Å². The molecule has 11 heteroatoms. The first kappa shape index (κ1) is 24.6. The minimum atomic E-state index is -3.12. The average molecular weight is 479 g/mol. The van der Waals surface area contributed by atoms with Crippen molar-refractivity contribution >= 4 is 27.5 Å². The van der Waals surface area contributed by atoms with Gasteiger partial charge in [0.25, 0.3) is 5.91 Å². The number of methoxy groups -OCH3 is 1. The predicted octanol–water partition coefficient (Wildman–Crippen LogP) is 1.97. The van der Waals surface area contributed by atoms with Gasteiger partial charge in [0.15, 0.2) is 6.61 Å². The third-order valence-corrected chi connectivity index (χ3v) is 6.52. The Morgan fingerprint density at radius 3 is 2.64 bits per heavy atom. The number of likely N-dealkylation sites (N-methyl/N-ethyl adjacent to an activating group) is 1. The molecule has 10 nitrogen and oxygen atoms in total. The van der Waals surface area contributed by atoms with Crippen LogP contribution in [0.2, 0.25) is 0 Å². The molecule has 0 unspecified atom stereocenters. The monoisotopic (exact) mass is 478 g/mol. The van der Waals surface area contributed by atoms with Gasteiger partial charge in [0.05, 0.1) is 31.3 Å². The Balaban J connectivity index is 2.04. The lowest BCUT2D eigenvalue weighted by Gasteiger charge is -2.35. The van der Waals surface area contributed by atoms with Crippen molar-refractivity contribution in [2.24, 2.45) is 0 Å². The fourth-order valence-electron chi connectivity index (χ4n) is 3.72. The lowest BCUT2D eigenvalue weighted by Crippen LogP contribution is -2.42. The van der Waals surface area contributed by atoms with E-state index in [1.54, 1.807) is 36.1 Å². The predicted molar refractivity (Wildman–Crippen MR) is 124 cm³/mol. The zero-order chi connectivity index (χ0) is 24.3. The van der Waals surface area contributed by atoms with Gasteiger partial charge in [-0.25, -0.2) is 13.2 Å². The van der Waals surface area contributed by atoms with Crippen LogP contribution in [0.4, 0.5) is 10.5 Å². The number of rotatable bonds is 7. The molecule has 1 aromatic heterocycles. The molecule has 0 saturated heterocycles. The molecule has 1 aliphatic heterocycles. The zero-order valence-corrected chi connectivity index (χ0v) is 20.4. The number of anilines is 1. The lowest BCUT2D eigenvalue weighted by atomic mass is 9.92. The highest BCUT2D eigenvalue weighted by Gasteiger charge is 2.32. The molecular formula is C22H30N4O6S. The van der Waals surface area contributed by atoms with Gasteiger partial charge in [0.1, 0.15) is 15.6 Å². The molecule has 180 valence electrons. The van der Waals surface area contributed by atoms with Crippen molar-refractivity contribution in [3.05, 3.63) is 30.1 Å². The lowest BCUT2D eigenvalue weighted by molar-refractivity contribution is -0.130. The maximum atomic E-state index is 12.5. The molecule has 0 fully saturated rings. The van der Waals surface area contributed by atoms with Gasteiger partial charge >= 0.3 is 6.09 Å². The van der Waals surface area contributed by atoms with Crippen LogP contribution < -0.4 is 9.64 Å². The Hall–Kier alpha value is -3.08. The number of amides is 2. The number of hydrogen-bond acceptors (Lipinski definition) is 7. The molecule has 33 heavy (non-hydrogen) atoms. The Morgan fingerprint density at radius 1 is 1.27 bits per heavy atom. The quantitative estimate of drug-likeness (QED) is 0.598. The van der Waals surface area contributed by atoms with Crippen LogP contribution in [-0.4, -0.2) is 81.0 Å². The van der Waals surface area contributed by atoms with Crippen LogP contribution in [0.5, 0.6) is 5.75 Å². The van der Waals surface area contributed by atoms with E-state index in [0.717, 1.165) is 11.1 Å². The number of fused-ring (bicyclic) bond motifs is 1. The fraction of sp³-hybridized carbons (Fsp3) is 0.500. The Bertz CT molecular complexity index is 1140. The third-order valence-electron chi connectivity index (χ3n) is 5.59. The van der Waals surface area contributed by atoms with E-state index < -0.39 is 15.9 Å². The molecule has 0 radical (unpaired) electrons. The van der Waals surface area contributed by atoms with Gasteiger partial charge in [0, 0.05) is 49.3 Å². The number of aryl methyl sites for hydroxylation is 1. The molecule has 0 aliphatic carbocycles. The SMILES string of the molecule is COC(=O)N1c2ccc(-c3cnn(CCS(C)(=O)=O)c3)c(OCC(=O)N(C)C)c2CC[C@@H]1C. The van der Waals surface area contributed by atoms with E-state index in [1.807, 2.05) is 19.1 Å². The molecule has 2 aromatic rings. The Labute approximate surface area is 194 Å². The second-order valence-corrected chi connectivity index (χ2v) is 10.6. The topological polar surface area (TPSA) is 111 Å². The molecule has 2 amide bonds. The molecule has 3 rings (SSSR count). The highest BCUT2D eigenvalue weighted by atomic mass is 32.2. The second-order valence-electron chi connectivity index (χ2n) is 8.37. The largest absolute Gasteiger partial charge is 0.483 e. The minimum absolute atomic E-state index is 0.0228. The zero-order valence-electron chi connectivity index (χ0n) is 19.6. The molecular weight excluding hydrogens is 448 g/mol. The van der Waals surface area contributed by atoms with Gasteiger partial charge < -0.3 is 14.4 Å². The number of nitrogens with zero attached hydrogens (tertiary/aromatic N) is 4. The van der Waals surface area contributed by atoms with Crippen LogP contribution in [0, 0.1) is 0 Å². The Morgan fingerprint density at radius 2 is 2.00 bits per heavy atom. The summed E-state index contributed by atoms with van der Waals surface area (Å²) in [6.45, 7) is 2.02. The number of carbonyl (C=O) groups is 2. The van der Waals surface area contributed by atoms with Crippen molar-refractivity contribution in [1.82, 2.24) is 14.7 Å². The highest BCUT2D eigenvalue weighted by Crippen LogP contribution is 2.43. The Kier molecular flexibility index (Phi) is 7.31. The minimum Gasteiger partial charge on any atom is -0.483 e. The first-order chi connectivity index (χ1) is 15.5. The molecule has 0 bridgehead atoms. The van der Waals surface area contributed by atoms with Gasteiger partial charge in [-0.15, -0.1) is 0 Å². The molecule has 0 saturated carbocycles. The normalized spacial score (nSPS) is 15.7. The van der Waals surface area contributed by atoms with Gasteiger partial charge in [-0.2, -0.15) is 5.10 Å². The summed E-state index contributed by atoms with van der Waals surface area (Å²) in [6.07, 6.45) is 5.47. The van der Waals surface area contributed by atoms with Crippen molar-refractivity contribution < 1.29 is 27.5 Å². The molecule has 0 spiro atoms. The standard InChI is InChI=1S/C22H30N4O6S/c1-15-6-7-18-19(26(15)22(28)31-4)9-8-17(21(18)32-14-20(27)24(2)3)16-12-23-25(13-16)10-11-33(5,29)30/h8-9,12-13,15H,6-7,10-11,14H2,1-5H3/t15-/m0/s1. The van der Waals surface area contributed by atoms with Crippen LogP contribution >= 0.6 is 0 Å². The summed E-state index contributed by atoms with van der Waals surface area (Å²) in [7, 11) is 1.52. The number of aromatic nitrogens is 2. The van der Waals surface area contributed by atoms with Crippen molar-refractivity contribution in [2.45, 2.75) is 32.4 Å². The maximum Gasteiger partial charge on any atom is 0.414 e. The second kappa shape index (κ2) is 9.82. The van der Waals surface area contributed by atoms with E-state index in [-0.39, 0.29) is 30.9 Å². The molecule has 0 N–H and O–H groups in total. The van der Waals surface area contributed by atoms with Crippen molar-refractivity contribution in [1.29, 1.82) is 0 Å². The number of hydrogen-bond donors (Lipinski definition) is 0. The summed E-state index contributed by atoms with van der Waals surface area (Å²) >= 11 is 0. The maximum absolute atomic E-state index is 12.5. The van der Waals surface area contributed by atoms with Crippen LogP contribution in [0.25, 0.3) is 11.1 Å². The van der Waals surface area contributed by atoms with E-state index in [1.165, 1.54) is 18.3 Å². The molecule has 1 aromatic carbocycles. The van der Waals surface area contributed by atoms with Gasteiger partial charge in [0.2, 0.25) is 0 Å². The molecule has 1 atom stereocenters. The fourth-order valence-corrected chi connectivity index (χ4v) is 4.24. The smallest absolute Gasteiger partial charge is 0.414 e. The van der Waals surface area contributed by atoms with Crippen LogP contribution in [-0.2, 0) is 32.3 Å². The number of ether oxygens (including phenoxy) is 2. The number of carbonyl (C=O) groups excluding carboxylic acids is 2. The van der Waals surface area contributed by atoms with Gasteiger partial charge in [-0.1, -0.05) is 0 Å². The highest BCUT2D eigenvalue weighted by molar-refractivity contribution is 7.90. The first-order valence-electron chi connectivity index (χ1n) is 10.6. The van der Waals surface area contributed by atoms with Crippen LogP contribution in [0.1, 0.15) is 18.9 Å². The summed E-state index contributed by atoms with van der Waals surface area (Å²) in [5.74, 6) is 0.285. The van der Waals surface area contributed by atoms with Crippen molar-refractivity contribution in [2.75, 3.05) is 44.7 Å². The number of sulfone groups is 1. The first-order valence-corrected chi connectivity index (χ1v) is 12.6. The summed E-state index contributed by atoms with van der Waals surface area (Å²) in [6, 6.07) is 3.61. The van der Waals surface area contributed by atoms with E-state index >= 15 is 0 Å². The van der Waals surface area contributed by atoms with Crippen LogP contribution in [0.3, 0.4) is 0 Å². The van der Waals surface area contributed by atoms with Gasteiger partial charge in [-0.3, -0.25) is 14.4 Å². The van der Waals surface area contributed by atoms with E-state index in [0.29, 0.717) is 29.8 Å². The van der Waals surface area contributed by atoms with Crippen molar-refractivity contribution in [3.8, 4) is 16.9 Å². The summed E-state index contributed by atoms with van der Waals surface area (Å²) in [5.41, 5.74) is 2.93. The molecule has 1 aliphatic rings. The van der Waals surface area contributed by atoms with Gasteiger partial charge in [-0.05, 0) is 31.9 Å². The summed E-state index contributed by atoms with van der Waals surface area (Å²) < 4.78 is 35.6. The number of benzene rings is 1. The third kappa shape index (κ3) is 5.65. The summed E-state index contributed by atoms with van der Waals surface area (Å²) in [5, 5.41) is 4.28. The molecule has 2 heterocycles.